The van der Waals surface area contributed by atoms with Crippen LogP contribution in [0.4, 0.5) is 0 Å². The summed E-state index contributed by atoms with van der Waals surface area (Å²) in [6.45, 7) is 0. The van der Waals surface area contributed by atoms with Gasteiger partial charge in [-0.2, -0.15) is 0 Å². The summed E-state index contributed by atoms with van der Waals surface area (Å²) in [7, 11) is 0. The second-order valence-corrected chi connectivity index (χ2v) is 12.4. The number of nitrogens with zero attached hydrogens (tertiary/aromatic N) is 4. The molecular weight excluding hydrogens is 613 g/mol. The van der Waals surface area contributed by atoms with E-state index in [1.165, 1.54) is 0 Å². The van der Waals surface area contributed by atoms with Crippen LogP contribution in [0.15, 0.2) is 174 Å². The summed E-state index contributed by atoms with van der Waals surface area (Å²) in [5.74, 6) is 1.91. The predicted octanol–water partition coefficient (Wildman–Crippen LogP) is 11.5. The lowest BCUT2D eigenvalue weighted by Crippen LogP contribution is -2.00. The van der Waals surface area contributed by atoms with Gasteiger partial charge >= 0.3 is 0 Å². The monoisotopic (exact) mass is 640 g/mol. The molecule has 0 spiro atoms. The van der Waals surface area contributed by atoms with Crippen LogP contribution in [-0.2, 0) is 0 Å². The van der Waals surface area contributed by atoms with E-state index in [2.05, 4.69) is 102 Å². The summed E-state index contributed by atoms with van der Waals surface area (Å²) >= 11 is 0. The molecule has 0 N–H and O–H groups in total. The summed E-state index contributed by atoms with van der Waals surface area (Å²) in [5.41, 5.74) is 10.1. The third-order valence-electron chi connectivity index (χ3n) is 9.46. The first-order valence-electron chi connectivity index (χ1n) is 16.7. The molecule has 0 amide bonds. The fraction of sp³-hybridized carbons (Fsp3) is 0. The topological polar surface area (TPSA) is 56.7 Å². The van der Waals surface area contributed by atoms with E-state index in [4.69, 9.17) is 19.4 Å². The molecule has 3 aromatic heterocycles. The lowest BCUT2D eigenvalue weighted by Gasteiger charge is -2.15. The Hall–Kier alpha value is -6.85. The van der Waals surface area contributed by atoms with E-state index in [1.807, 2.05) is 72.8 Å². The highest BCUT2D eigenvalue weighted by Crippen LogP contribution is 2.42. The van der Waals surface area contributed by atoms with Crippen LogP contribution < -0.4 is 0 Å². The van der Waals surface area contributed by atoms with Crippen molar-refractivity contribution >= 4 is 43.7 Å². The van der Waals surface area contributed by atoms with E-state index in [0.717, 1.165) is 77.2 Å². The van der Waals surface area contributed by atoms with Crippen LogP contribution in [0.2, 0.25) is 0 Å². The normalized spacial score (nSPS) is 11.6. The number of hydrogen-bond acceptors (Lipinski definition) is 4. The molecule has 0 fully saturated rings. The summed E-state index contributed by atoms with van der Waals surface area (Å²) in [6, 6.07) is 58.5. The van der Waals surface area contributed by atoms with Crippen LogP contribution in [0.5, 0.6) is 0 Å². The van der Waals surface area contributed by atoms with Gasteiger partial charge in [0, 0.05) is 38.4 Å². The average Bonchev–Trinajstić information content (AvgIpc) is 3.74. The first-order chi connectivity index (χ1) is 24.8. The number of aromatic nitrogens is 4. The molecule has 0 radical (unpaired) electrons. The number of hydrogen-bond donors (Lipinski definition) is 0. The van der Waals surface area contributed by atoms with Gasteiger partial charge in [-0.3, -0.25) is 0 Å². The van der Waals surface area contributed by atoms with Gasteiger partial charge in [-0.1, -0.05) is 133 Å². The zero-order chi connectivity index (χ0) is 33.0. The first-order valence-corrected chi connectivity index (χ1v) is 16.7. The van der Waals surface area contributed by atoms with E-state index in [-0.39, 0.29) is 0 Å². The van der Waals surface area contributed by atoms with Crippen LogP contribution in [0, 0.1) is 0 Å². The van der Waals surface area contributed by atoms with Crippen molar-refractivity contribution in [3.63, 3.8) is 0 Å². The van der Waals surface area contributed by atoms with Crippen molar-refractivity contribution in [2.24, 2.45) is 0 Å². The van der Waals surface area contributed by atoms with E-state index in [1.54, 1.807) is 0 Å². The minimum atomic E-state index is 0.626. The van der Waals surface area contributed by atoms with E-state index in [9.17, 15) is 0 Å². The van der Waals surface area contributed by atoms with Gasteiger partial charge in [0.05, 0.1) is 22.1 Å². The molecule has 10 aromatic rings. The van der Waals surface area contributed by atoms with Crippen molar-refractivity contribution in [3.05, 3.63) is 170 Å². The number of furan rings is 1. The van der Waals surface area contributed by atoms with Gasteiger partial charge in [-0.25, -0.2) is 15.0 Å². The SMILES string of the molecule is c1ccc(-c2nc(-c3ccccc3)nc(-c3cccc(-c4ccccc4-n4c5ccccc5c5c6oc7ccccc7c6ccc54)c3)n2)cc1. The van der Waals surface area contributed by atoms with Crippen LogP contribution in [-0.4, -0.2) is 19.5 Å². The second-order valence-electron chi connectivity index (χ2n) is 12.4. The number of benzene rings is 7. The molecule has 0 saturated heterocycles. The Balaban J connectivity index is 1.17. The second kappa shape index (κ2) is 11.4. The first kappa shape index (κ1) is 28.2. The zero-order valence-corrected chi connectivity index (χ0v) is 26.9. The minimum absolute atomic E-state index is 0.626. The lowest BCUT2D eigenvalue weighted by molar-refractivity contribution is 0.673. The predicted molar refractivity (Wildman–Crippen MR) is 203 cm³/mol. The fourth-order valence-electron chi connectivity index (χ4n) is 7.17. The Morgan fingerprint density at radius 2 is 0.980 bits per heavy atom. The van der Waals surface area contributed by atoms with Crippen molar-refractivity contribution < 1.29 is 4.42 Å². The minimum Gasteiger partial charge on any atom is -0.455 e. The molecule has 0 saturated carbocycles. The summed E-state index contributed by atoms with van der Waals surface area (Å²) in [4.78, 5) is 14.9. The van der Waals surface area contributed by atoms with Crippen molar-refractivity contribution in [1.82, 2.24) is 19.5 Å². The van der Waals surface area contributed by atoms with Gasteiger partial charge in [0.25, 0.3) is 0 Å². The number of fused-ring (bicyclic) bond motifs is 7. The zero-order valence-electron chi connectivity index (χ0n) is 26.9. The van der Waals surface area contributed by atoms with Crippen LogP contribution in [0.1, 0.15) is 0 Å². The van der Waals surface area contributed by atoms with Crippen molar-refractivity contribution in [2.75, 3.05) is 0 Å². The van der Waals surface area contributed by atoms with Gasteiger partial charge in [-0.15, -0.1) is 0 Å². The molecule has 0 unspecified atom stereocenters. The Morgan fingerprint density at radius 3 is 1.74 bits per heavy atom. The molecule has 7 aromatic carbocycles. The highest BCUT2D eigenvalue weighted by Gasteiger charge is 2.20. The smallest absolute Gasteiger partial charge is 0.164 e. The quantitative estimate of drug-likeness (QED) is 0.188. The molecular formula is C45H28N4O. The van der Waals surface area contributed by atoms with Crippen LogP contribution >= 0.6 is 0 Å². The van der Waals surface area contributed by atoms with E-state index in [0.29, 0.717) is 17.5 Å². The van der Waals surface area contributed by atoms with Crippen molar-refractivity contribution in [1.29, 1.82) is 0 Å². The molecule has 0 bridgehead atoms. The molecule has 234 valence electrons. The Labute approximate surface area is 287 Å². The maximum Gasteiger partial charge on any atom is 0.164 e. The number of rotatable bonds is 5. The highest BCUT2D eigenvalue weighted by atomic mass is 16.3. The Kier molecular flexibility index (Phi) is 6.42. The fourth-order valence-corrected chi connectivity index (χ4v) is 7.17. The Morgan fingerprint density at radius 1 is 0.400 bits per heavy atom. The summed E-state index contributed by atoms with van der Waals surface area (Å²) < 4.78 is 8.92. The molecule has 10 rings (SSSR count). The molecule has 0 aliphatic rings. The highest BCUT2D eigenvalue weighted by molar-refractivity contribution is 6.24. The van der Waals surface area contributed by atoms with Gasteiger partial charge in [-0.05, 0) is 42.0 Å². The third kappa shape index (κ3) is 4.52. The molecule has 5 nitrogen and oxygen atoms in total. The van der Waals surface area contributed by atoms with Gasteiger partial charge in [0.2, 0.25) is 0 Å². The molecule has 50 heavy (non-hydrogen) atoms. The maximum atomic E-state index is 6.55. The molecule has 0 atom stereocenters. The third-order valence-corrected chi connectivity index (χ3v) is 9.46. The van der Waals surface area contributed by atoms with Gasteiger partial charge in [0.1, 0.15) is 11.2 Å². The maximum absolute atomic E-state index is 6.55. The van der Waals surface area contributed by atoms with Crippen LogP contribution in [0.25, 0.3) is 94.7 Å². The Bertz CT molecular complexity index is 2810. The van der Waals surface area contributed by atoms with Gasteiger partial charge < -0.3 is 8.98 Å². The molecule has 0 aliphatic carbocycles. The molecule has 3 heterocycles. The van der Waals surface area contributed by atoms with Crippen molar-refractivity contribution in [2.45, 2.75) is 0 Å². The molecule has 0 aliphatic heterocycles. The number of para-hydroxylation sites is 3. The van der Waals surface area contributed by atoms with E-state index >= 15 is 0 Å². The average molecular weight is 641 g/mol. The lowest BCUT2D eigenvalue weighted by atomic mass is 10.0. The van der Waals surface area contributed by atoms with E-state index < -0.39 is 0 Å². The summed E-state index contributed by atoms with van der Waals surface area (Å²) in [6.07, 6.45) is 0. The summed E-state index contributed by atoms with van der Waals surface area (Å²) in [5, 5.41) is 4.52. The molecule has 5 heteroatoms. The van der Waals surface area contributed by atoms with Gasteiger partial charge in [0.15, 0.2) is 17.5 Å². The van der Waals surface area contributed by atoms with Crippen molar-refractivity contribution in [3.8, 4) is 51.0 Å². The largest absolute Gasteiger partial charge is 0.455 e. The standard InChI is InChI=1S/C45H28N4O/c1-3-14-29(15-4-1)43-46-44(30-16-5-2-6-17-30)48-45(47-43)32-19-13-18-31(28-32)33-20-7-10-23-37(33)49-38-24-11-8-22-36(38)41-39(49)27-26-35-34-21-9-12-25-40(34)50-42(35)41/h1-28H. The van der Waals surface area contributed by atoms with Crippen LogP contribution in [0.3, 0.4) is 0 Å².